The molecule has 2 atom stereocenters. The van der Waals surface area contributed by atoms with Crippen LogP contribution in [0.5, 0.6) is 0 Å². The fraction of sp³-hybridized carbons (Fsp3) is 0.571. The number of rotatable bonds is 3. The SMILES string of the molecule is COCc1ccc(C2CCNCC2C)cc1. The predicted octanol–water partition coefficient (Wildman–Crippen LogP) is 2.55. The summed E-state index contributed by atoms with van der Waals surface area (Å²) in [6.45, 7) is 5.33. The third-order valence-electron chi connectivity index (χ3n) is 3.50. The van der Waals surface area contributed by atoms with Crippen molar-refractivity contribution < 1.29 is 4.74 Å². The zero-order valence-corrected chi connectivity index (χ0v) is 10.2. The molecule has 0 bridgehead atoms. The molecule has 0 amide bonds. The molecule has 1 heterocycles. The molecule has 1 fully saturated rings. The Morgan fingerprint density at radius 1 is 1.31 bits per heavy atom. The number of hydrogen-bond donors (Lipinski definition) is 1. The summed E-state index contributed by atoms with van der Waals surface area (Å²) < 4.78 is 5.12. The van der Waals surface area contributed by atoms with Gasteiger partial charge in [-0.05, 0) is 42.5 Å². The zero-order chi connectivity index (χ0) is 11.4. The van der Waals surface area contributed by atoms with Crippen molar-refractivity contribution in [2.75, 3.05) is 20.2 Å². The second-order valence-electron chi connectivity index (χ2n) is 4.75. The summed E-state index contributed by atoms with van der Waals surface area (Å²) in [4.78, 5) is 0. The van der Waals surface area contributed by atoms with Crippen LogP contribution in [0.1, 0.15) is 30.4 Å². The highest BCUT2D eigenvalue weighted by Gasteiger charge is 2.22. The molecule has 2 nitrogen and oxygen atoms in total. The summed E-state index contributed by atoms with van der Waals surface area (Å²) in [5, 5.41) is 3.45. The van der Waals surface area contributed by atoms with E-state index in [1.807, 2.05) is 0 Å². The van der Waals surface area contributed by atoms with Crippen LogP contribution in [0, 0.1) is 5.92 Å². The summed E-state index contributed by atoms with van der Waals surface area (Å²) in [7, 11) is 1.74. The first-order valence-corrected chi connectivity index (χ1v) is 6.09. The van der Waals surface area contributed by atoms with Crippen LogP contribution < -0.4 is 5.32 Å². The van der Waals surface area contributed by atoms with Gasteiger partial charge in [0.1, 0.15) is 0 Å². The lowest BCUT2D eigenvalue weighted by atomic mass is 9.82. The molecule has 0 saturated carbocycles. The van der Waals surface area contributed by atoms with Gasteiger partial charge < -0.3 is 10.1 Å². The zero-order valence-electron chi connectivity index (χ0n) is 10.2. The summed E-state index contributed by atoms with van der Waals surface area (Å²) >= 11 is 0. The monoisotopic (exact) mass is 219 g/mol. The van der Waals surface area contributed by atoms with E-state index in [0.717, 1.165) is 24.9 Å². The fourth-order valence-electron chi connectivity index (χ4n) is 2.54. The number of benzene rings is 1. The van der Waals surface area contributed by atoms with Gasteiger partial charge in [-0.3, -0.25) is 0 Å². The van der Waals surface area contributed by atoms with Gasteiger partial charge in [0.05, 0.1) is 6.61 Å². The van der Waals surface area contributed by atoms with Crippen molar-refractivity contribution >= 4 is 0 Å². The van der Waals surface area contributed by atoms with Crippen LogP contribution >= 0.6 is 0 Å². The largest absolute Gasteiger partial charge is 0.380 e. The van der Waals surface area contributed by atoms with Gasteiger partial charge in [-0.1, -0.05) is 31.2 Å². The molecule has 0 spiro atoms. The number of piperidine rings is 1. The third kappa shape index (κ3) is 2.63. The van der Waals surface area contributed by atoms with E-state index in [-0.39, 0.29) is 0 Å². The van der Waals surface area contributed by atoms with Crippen LogP contribution in [0.25, 0.3) is 0 Å². The molecule has 1 aliphatic rings. The average Bonchev–Trinajstić information content (AvgIpc) is 2.31. The van der Waals surface area contributed by atoms with Crippen LogP contribution in [0.2, 0.25) is 0 Å². The maximum Gasteiger partial charge on any atom is 0.0713 e. The van der Waals surface area contributed by atoms with Crippen molar-refractivity contribution in [2.24, 2.45) is 5.92 Å². The van der Waals surface area contributed by atoms with Crippen molar-refractivity contribution in [1.82, 2.24) is 5.32 Å². The molecule has 1 aliphatic heterocycles. The maximum absolute atomic E-state index is 5.12. The minimum Gasteiger partial charge on any atom is -0.380 e. The minimum atomic E-state index is 0.710. The summed E-state index contributed by atoms with van der Waals surface area (Å²) in [5.74, 6) is 1.46. The van der Waals surface area contributed by atoms with Gasteiger partial charge in [0.15, 0.2) is 0 Å². The second kappa shape index (κ2) is 5.46. The molecule has 0 aliphatic carbocycles. The number of hydrogen-bond acceptors (Lipinski definition) is 2. The Labute approximate surface area is 98.0 Å². The van der Waals surface area contributed by atoms with Crippen LogP contribution in [0.3, 0.4) is 0 Å². The first kappa shape index (κ1) is 11.6. The number of methoxy groups -OCH3 is 1. The van der Waals surface area contributed by atoms with E-state index in [1.54, 1.807) is 7.11 Å². The molecule has 1 N–H and O–H groups in total. The summed E-state index contributed by atoms with van der Waals surface area (Å²) in [6.07, 6.45) is 1.25. The van der Waals surface area contributed by atoms with E-state index in [9.17, 15) is 0 Å². The Morgan fingerprint density at radius 3 is 2.69 bits per heavy atom. The quantitative estimate of drug-likeness (QED) is 0.843. The van der Waals surface area contributed by atoms with E-state index < -0.39 is 0 Å². The normalized spacial score (nSPS) is 25.6. The van der Waals surface area contributed by atoms with Gasteiger partial charge in [-0.15, -0.1) is 0 Å². The number of nitrogens with one attached hydrogen (secondary N) is 1. The average molecular weight is 219 g/mol. The van der Waals surface area contributed by atoms with E-state index in [1.165, 1.54) is 17.5 Å². The van der Waals surface area contributed by atoms with E-state index in [0.29, 0.717) is 6.61 Å². The van der Waals surface area contributed by atoms with Crippen molar-refractivity contribution in [2.45, 2.75) is 25.9 Å². The van der Waals surface area contributed by atoms with E-state index >= 15 is 0 Å². The Balaban J connectivity index is 2.08. The lowest BCUT2D eigenvalue weighted by Gasteiger charge is -2.30. The lowest BCUT2D eigenvalue weighted by Crippen LogP contribution is -2.33. The highest BCUT2D eigenvalue weighted by molar-refractivity contribution is 5.26. The van der Waals surface area contributed by atoms with Gasteiger partial charge >= 0.3 is 0 Å². The Bertz CT molecular complexity index is 320. The first-order valence-electron chi connectivity index (χ1n) is 6.09. The van der Waals surface area contributed by atoms with Crippen molar-refractivity contribution in [3.8, 4) is 0 Å². The molecular formula is C14H21NO. The van der Waals surface area contributed by atoms with Gasteiger partial charge in [-0.2, -0.15) is 0 Å². The number of ether oxygens (including phenoxy) is 1. The fourth-order valence-corrected chi connectivity index (χ4v) is 2.54. The van der Waals surface area contributed by atoms with Crippen LogP contribution in [-0.4, -0.2) is 20.2 Å². The van der Waals surface area contributed by atoms with E-state index in [4.69, 9.17) is 4.74 Å². The Morgan fingerprint density at radius 2 is 2.06 bits per heavy atom. The molecule has 88 valence electrons. The van der Waals surface area contributed by atoms with E-state index in [2.05, 4.69) is 36.5 Å². The van der Waals surface area contributed by atoms with Crippen molar-refractivity contribution in [3.05, 3.63) is 35.4 Å². The predicted molar refractivity (Wildman–Crippen MR) is 66.5 cm³/mol. The molecule has 1 aromatic rings. The molecule has 0 radical (unpaired) electrons. The van der Waals surface area contributed by atoms with Crippen molar-refractivity contribution in [3.63, 3.8) is 0 Å². The third-order valence-corrected chi connectivity index (χ3v) is 3.50. The Hall–Kier alpha value is -0.860. The topological polar surface area (TPSA) is 21.3 Å². The molecule has 2 heteroatoms. The van der Waals surface area contributed by atoms with Crippen LogP contribution in [-0.2, 0) is 11.3 Å². The minimum absolute atomic E-state index is 0.710. The highest BCUT2D eigenvalue weighted by atomic mass is 16.5. The lowest BCUT2D eigenvalue weighted by molar-refractivity contribution is 0.185. The molecule has 2 rings (SSSR count). The summed E-state index contributed by atoms with van der Waals surface area (Å²) in [6, 6.07) is 8.91. The second-order valence-corrected chi connectivity index (χ2v) is 4.75. The maximum atomic E-state index is 5.12. The molecule has 0 aromatic heterocycles. The van der Waals surface area contributed by atoms with Gasteiger partial charge in [0.2, 0.25) is 0 Å². The van der Waals surface area contributed by atoms with Crippen LogP contribution in [0.15, 0.2) is 24.3 Å². The molecular weight excluding hydrogens is 198 g/mol. The van der Waals surface area contributed by atoms with Gasteiger partial charge in [0, 0.05) is 7.11 Å². The molecule has 1 saturated heterocycles. The standard InChI is InChI=1S/C14H21NO/c1-11-9-15-8-7-14(11)13-5-3-12(4-6-13)10-16-2/h3-6,11,14-15H,7-10H2,1-2H3. The molecule has 16 heavy (non-hydrogen) atoms. The first-order chi connectivity index (χ1) is 7.81. The highest BCUT2D eigenvalue weighted by Crippen LogP contribution is 2.29. The van der Waals surface area contributed by atoms with Gasteiger partial charge in [0.25, 0.3) is 0 Å². The smallest absolute Gasteiger partial charge is 0.0713 e. The van der Waals surface area contributed by atoms with Gasteiger partial charge in [-0.25, -0.2) is 0 Å². The molecule has 1 aromatic carbocycles. The Kier molecular flexibility index (Phi) is 3.97. The summed E-state index contributed by atoms with van der Waals surface area (Å²) in [5.41, 5.74) is 2.74. The van der Waals surface area contributed by atoms with Crippen molar-refractivity contribution in [1.29, 1.82) is 0 Å². The van der Waals surface area contributed by atoms with Crippen LogP contribution in [0.4, 0.5) is 0 Å². The molecule has 2 unspecified atom stereocenters.